The standard InChI is InChI=1S/C28H38FN6O11P/c1-16(2)43-22(37)11-10-19-8-6-7-9-20(19)46-47(41,33-18(5)26(39)44-17(3)4)42-15-28(14-31-34-30)24(38)23(29)25(45-28)35-13-12-21(36)32-27(35)40/h6-9,12-13,16-18,23-25,38H,10-11,14-15H2,1-5H3,(H,33,41)(H,32,36,40)/t18-,23+,24-,25+,28+,47?/m0/s1. The predicted octanol–water partition coefficient (Wildman–Crippen LogP) is 2.83. The number of alkyl halides is 1. The van der Waals surface area contributed by atoms with Crippen LogP contribution in [0.2, 0.25) is 0 Å². The van der Waals surface area contributed by atoms with Crippen LogP contribution in [-0.4, -0.2) is 75.9 Å². The van der Waals surface area contributed by atoms with Gasteiger partial charge in [0.05, 0.1) is 25.4 Å². The average Bonchev–Trinajstić information content (AvgIpc) is 3.23. The Hall–Kier alpha value is -4.05. The molecular formula is C28H38FN6O11P. The molecule has 1 unspecified atom stereocenters. The summed E-state index contributed by atoms with van der Waals surface area (Å²) >= 11 is 0. The molecule has 1 aliphatic rings. The molecule has 1 aromatic carbocycles. The molecule has 258 valence electrons. The molecule has 3 N–H and O–H groups in total. The number of para-hydroxylation sites is 1. The van der Waals surface area contributed by atoms with E-state index < -0.39 is 80.3 Å². The van der Waals surface area contributed by atoms with Gasteiger partial charge in [0.15, 0.2) is 12.4 Å². The van der Waals surface area contributed by atoms with Crippen LogP contribution in [0.5, 0.6) is 5.75 Å². The largest absolute Gasteiger partial charge is 0.463 e. The maximum atomic E-state index is 15.5. The van der Waals surface area contributed by atoms with E-state index in [0.29, 0.717) is 10.1 Å². The number of nitrogens with zero attached hydrogens (tertiary/aromatic N) is 4. The third-order valence-electron chi connectivity index (χ3n) is 6.69. The zero-order valence-corrected chi connectivity index (χ0v) is 27.3. The van der Waals surface area contributed by atoms with E-state index in [4.69, 9.17) is 28.8 Å². The number of aliphatic hydroxyl groups excluding tert-OH is 1. The number of aliphatic hydroxyl groups is 1. The smallest absolute Gasteiger partial charge is 0.459 e. The number of ether oxygens (including phenoxy) is 3. The second-order valence-electron chi connectivity index (χ2n) is 11.2. The topological polar surface area (TPSA) is 233 Å². The third kappa shape index (κ3) is 9.97. The van der Waals surface area contributed by atoms with E-state index in [0.717, 1.165) is 12.3 Å². The number of carbonyl (C=O) groups is 2. The lowest BCUT2D eigenvalue weighted by molar-refractivity contribution is -0.149. The lowest BCUT2D eigenvalue weighted by Crippen LogP contribution is -2.49. The molecule has 6 atom stereocenters. The van der Waals surface area contributed by atoms with Crippen molar-refractivity contribution in [3.05, 3.63) is 73.4 Å². The van der Waals surface area contributed by atoms with Crippen LogP contribution in [0.25, 0.3) is 10.4 Å². The summed E-state index contributed by atoms with van der Waals surface area (Å²) in [6.07, 6.45) is -6.13. The fourth-order valence-corrected chi connectivity index (χ4v) is 6.09. The van der Waals surface area contributed by atoms with Crippen LogP contribution in [0.3, 0.4) is 0 Å². The number of aromatic amines is 1. The molecule has 1 aromatic heterocycles. The van der Waals surface area contributed by atoms with Gasteiger partial charge in [0.1, 0.15) is 23.5 Å². The highest BCUT2D eigenvalue weighted by molar-refractivity contribution is 7.52. The Morgan fingerprint density at radius 1 is 1.19 bits per heavy atom. The lowest BCUT2D eigenvalue weighted by atomic mass is 9.97. The number of H-pyrrole nitrogens is 1. The molecule has 0 bridgehead atoms. The molecule has 19 heteroatoms. The summed E-state index contributed by atoms with van der Waals surface area (Å²) in [7, 11) is -4.70. The summed E-state index contributed by atoms with van der Waals surface area (Å²) in [5, 5.41) is 16.8. The molecule has 2 heterocycles. The van der Waals surface area contributed by atoms with E-state index in [-0.39, 0.29) is 24.7 Å². The van der Waals surface area contributed by atoms with E-state index >= 15 is 4.39 Å². The van der Waals surface area contributed by atoms with Gasteiger partial charge in [-0.2, -0.15) is 5.09 Å². The van der Waals surface area contributed by atoms with Gasteiger partial charge in [0, 0.05) is 23.6 Å². The van der Waals surface area contributed by atoms with Gasteiger partial charge < -0.3 is 23.8 Å². The SMILES string of the molecule is CC(C)OC(=O)CCc1ccccc1OP(=O)(N[C@@H](C)C(=O)OC(C)C)OC[C@@]1(CN=[N+]=[N-])O[C@@H](n2ccc(=O)[nH]c2=O)[C@H](F)[C@@H]1O. The zero-order chi connectivity index (χ0) is 34.9. The minimum atomic E-state index is -4.70. The molecule has 17 nitrogen and oxygen atoms in total. The van der Waals surface area contributed by atoms with Crippen LogP contribution in [0, 0.1) is 0 Å². The molecule has 1 aliphatic heterocycles. The number of halogens is 1. The second-order valence-corrected chi connectivity index (χ2v) is 12.9. The van der Waals surface area contributed by atoms with Crippen molar-refractivity contribution in [3.63, 3.8) is 0 Å². The van der Waals surface area contributed by atoms with Crippen molar-refractivity contribution in [2.75, 3.05) is 13.2 Å². The highest BCUT2D eigenvalue weighted by atomic mass is 31.2. The second kappa shape index (κ2) is 16.2. The third-order valence-corrected chi connectivity index (χ3v) is 8.30. The van der Waals surface area contributed by atoms with E-state index in [1.807, 2.05) is 4.98 Å². The Morgan fingerprint density at radius 2 is 1.87 bits per heavy atom. The molecule has 0 radical (unpaired) electrons. The van der Waals surface area contributed by atoms with Crippen molar-refractivity contribution in [1.29, 1.82) is 0 Å². The molecule has 0 amide bonds. The Bertz CT molecular complexity index is 1630. The number of azide groups is 1. The van der Waals surface area contributed by atoms with Crippen LogP contribution < -0.4 is 20.9 Å². The van der Waals surface area contributed by atoms with Crippen molar-refractivity contribution in [2.45, 2.75) is 89.8 Å². The first-order valence-corrected chi connectivity index (χ1v) is 16.2. The van der Waals surface area contributed by atoms with Crippen LogP contribution in [0.15, 0.2) is 51.2 Å². The van der Waals surface area contributed by atoms with Crippen molar-refractivity contribution in [1.82, 2.24) is 14.6 Å². The minimum absolute atomic E-state index is 0.0110. The van der Waals surface area contributed by atoms with Crippen molar-refractivity contribution in [3.8, 4) is 5.75 Å². The zero-order valence-electron chi connectivity index (χ0n) is 26.4. The molecule has 0 saturated carbocycles. The highest BCUT2D eigenvalue weighted by Crippen LogP contribution is 2.49. The first-order valence-electron chi connectivity index (χ1n) is 14.6. The summed E-state index contributed by atoms with van der Waals surface area (Å²) in [4.78, 5) is 53.3. The van der Waals surface area contributed by atoms with E-state index in [1.165, 1.54) is 13.0 Å². The summed E-state index contributed by atoms with van der Waals surface area (Å²) in [6.45, 7) is 6.21. The van der Waals surface area contributed by atoms with E-state index in [1.54, 1.807) is 45.9 Å². The number of rotatable bonds is 16. The van der Waals surface area contributed by atoms with Gasteiger partial charge in [-0.25, -0.2) is 13.8 Å². The number of hydrogen-bond donors (Lipinski definition) is 3. The number of nitrogens with one attached hydrogen (secondary N) is 2. The highest BCUT2D eigenvalue weighted by Gasteiger charge is 2.57. The number of carbonyl (C=O) groups excluding carboxylic acids is 2. The van der Waals surface area contributed by atoms with Crippen LogP contribution in [0.1, 0.15) is 52.8 Å². The molecule has 0 spiro atoms. The van der Waals surface area contributed by atoms with Gasteiger partial charge >= 0.3 is 25.4 Å². The van der Waals surface area contributed by atoms with Gasteiger partial charge in [-0.1, -0.05) is 23.3 Å². The number of hydrogen-bond acceptors (Lipinski definition) is 12. The molecular weight excluding hydrogens is 646 g/mol. The van der Waals surface area contributed by atoms with Crippen molar-refractivity contribution < 1.29 is 46.9 Å². The van der Waals surface area contributed by atoms with E-state index in [9.17, 15) is 28.8 Å². The summed E-state index contributed by atoms with van der Waals surface area (Å²) in [5.41, 5.74) is 5.36. The Kier molecular flexibility index (Phi) is 12.9. The molecule has 47 heavy (non-hydrogen) atoms. The fourth-order valence-electron chi connectivity index (χ4n) is 4.50. The Labute approximate surface area is 268 Å². The average molecular weight is 685 g/mol. The molecule has 3 rings (SSSR count). The first kappa shape index (κ1) is 37.4. The van der Waals surface area contributed by atoms with Gasteiger partial charge in [0.25, 0.3) is 5.56 Å². The minimum Gasteiger partial charge on any atom is -0.463 e. The van der Waals surface area contributed by atoms with Crippen molar-refractivity contribution >= 4 is 19.7 Å². The fraction of sp³-hybridized carbons (Fsp3) is 0.571. The van der Waals surface area contributed by atoms with Crippen molar-refractivity contribution in [2.24, 2.45) is 5.11 Å². The van der Waals surface area contributed by atoms with Gasteiger partial charge in [-0.05, 0) is 58.2 Å². The number of aromatic nitrogens is 2. The number of aryl methyl sites for hydroxylation is 1. The van der Waals surface area contributed by atoms with E-state index in [2.05, 4.69) is 15.1 Å². The summed E-state index contributed by atoms with van der Waals surface area (Å²) in [6, 6.07) is 5.88. The number of benzene rings is 1. The Balaban J connectivity index is 1.97. The Morgan fingerprint density at radius 3 is 2.51 bits per heavy atom. The molecule has 1 saturated heterocycles. The number of esters is 2. The summed E-state index contributed by atoms with van der Waals surface area (Å²) in [5.74, 6) is -1.32. The quantitative estimate of drug-likeness (QED) is 0.0761. The van der Waals surface area contributed by atoms with Crippen LogP contribution >= 0.6 is 7.75 Å². The first-order chi connectivity index (χ1) is 22.1. The summed E-state index contributed by atoms with van der Waals surface area (Å²) < 4.78 is 58.1. The van der Waals surface area contributed by atoms with Crippen LogP contribution in [0.4, 0.5) is 4.39 Å². The molecule has 1 fully saturated rings. The van der Waals surface area contributed by atoms with Gasteiger partial charge in [-0.15, -0.1) is 0 Å². The maximum Gasteiger partial charge on any atom is 0.459 e. The molecule has 0 aliphatic carbocycles. The molecule has 2 aromatic rings. The van der Waals surface area contributed by atoms with Gasteiger partial charge in [-0.3, -0.25) is 28.5 Å². The lowest BCUT2D eigenvalue weighted by Gasteiger charge is -2.32. The van der Waals surface area contributed by atoms with Crippen LogP contribution in [-0.2, 0) is 39.3 Å². The normalized spacial score (nSPS) is 22.7. The predicted molar refractivity (Wildman–Crippen MR) is 163 cm³/mol. The maximum absolute atomic E-state index is 15.5. The van der Waals surface area contributed by atoms with Gasteiger partial charge in [0.2, 0.25) is 0 Å². The monoisotopic (exact) mass is 684 g/mol.